The Hall–Kier alpha value is -0.760. The Bertz CT molecular complexity index is 444. The number of aliphatic hydroxyl groups excluding tert-OH is 1. The summed E-state index contributed by atoms with van der Waals surface area (Å²) >= 11 is 3.17. The quantitative estimate of drug-likeness (QED) is 0.864. The summed E-state index contributed by atoms with van der Waals surface area (Å²) in [6.45, 7) is 3.95. The molecule has 1 aliphatic heterocycles. The van der Waals surface area contributed by atoms with Gasteiger partial charge in [0, 0.05) is 43.9 Å². The van der Waals surface area contributed by atoms with Gasteiger partial charge < -0.3 is 14.7 Å². The standard InChI is InChI=1S/C13H19BrFN3O2/c1-17(13-12(15)6-10(14)7-16-13)8-11(19)9-18-2-4-20-5-3-18/h6-7,11,19H,2-5,8-9H2,1H3. The molecule has 0 spiro atoms. The average molecular weight is 348 g/mol. The number of likely N-dealkylation sites (N-methyl/N-ethyl adjacent to an activating group) is 1. The number of halogens is 2. The van der Waals surface area contributed by atoms with Crippen LogP contribution in [0.5, 0.6) is 0 Å². The van der Waals surface area contributed by atoms with E-state index in [1.165, 1.54) is 6.07 Å². The molecule has 0 aromatic carbocycles. The number of morpholine rings is 1. The Morgan fingerprint density at radius 2 is 2.25 bits per heavy atom. The summed E-state index contributed by atoms with van der Waals surface area (Å²) in [5.41, 5.74) is 0. The average Bonchev–Trinajstić information content (AvgIpc) is 2.39. The third kappa shape index (κ3) is 4.37. The van der Waals surface area contributed by atoms with Crippen molar-refractivity contribution < 1.29 is 14.2 Å². The lowest BCUT2D eigenvalue weighted by Crippen LogP contribution is -2.44. The molecular weight excluding hydrogens is 329 g/mol. The maximum Gasteiger partial charge on any atom is 0.166 e. The summed E-state index contributed by atoms with van der Waals surface area (Å²) < 4.78 is 19.6. The highest BCUT2D eigenvalue weighted by Crippen LogP contribution is 2.19. The van der Waals surface area contributed by atoms with Crippen molar-refractivity contribution in [1.82, 2.24) is 9.88 Å². The van der Waals surface area contributed by atoms with E-state index in [9.17, 15) is 9.50 Å². The Morgan fingerprint density at radius 1 is 1.55 bits per heavy atom. The van der Waals surface area contributed by atoms with Gasteiger partial charge in [0.15, 0.2) is 11.6 Å². The maximum atomic E-state index is 13.8. The van der Waals surface area contributed by atoms with Crippen molar-refractivity contribution in [3.63, 3.8) is 0 Å². The maximum absolute atomic E-state index is 13.8. The van der Waals surface area contributed by atoms with E-state index in [1.54, 1.807) is 18.1 Å². The van der Waals surface area contributed by atoms with E-state index in [0.29, 0.717) is 30.8 Å². The highest BCUT2D eigenvalue weighted by Gasteiger charge is 2.18. The van der Waals surface area contributed by atoms with E-state index in [0.717, 1.165) is 13.1 Å². The van der Waals surface area contributed by atoms with Gasteiger partial charge >= 0.3 is 0 Å². The number of β-amino-alcohol motifs (C(OH)–C–C–N with tert-alkyl or cyclic N) is 1. The highest BCUT2D eigenvalue weighted by molar-refractivity contribution is 9.10. The number of aliphatic hydroxyl groups is 1. The summed E-state index contributed by atoms with van der Waals surface area (Å²) in [4.78, 5) is 7.81. The molecule has 0 radical (unpaired) electrons. The molecule has 0 saturated carbocycles. The summed E-state index contributed by atoms with van der Waals surface area (Å²) in [7, 11) is 1.72. The number of pyridine rings is 1. The molecule has 0 bridgehead atoms. The molecule has 1 aliphatic rings. The van der Waals surface area contributed by atoms with Crippen LogP contribution in [-0.4, -0.2) is 67.5 Å². The largest absolute Gasteiger partial charge is 0.390 e. The lowest BCUT2D eigenvalue weighted by Gasteiger charge is -2.30. The lowest BCUT2D eigenvalue weighted by molar-refractivity contribution is 0.0162. The molecule has 1 aromatic heterocycles. The molecule has 1 unspecified atom stereocenters. The Balaban J connectivity index is 1.87. The van der Waals surface area contributed by atoms with Crippen LogP contribution >= 0.6 is 15.9 Å². The first-order valence-electron chi connectivity index (χ1n) is 6.56. The molecule has 0 amide bonds. The highest BCUT2D eigenvalue weighted by atomic mass is 79.9. The van der Waals surface area contributed by atoms with Gasteiger partial charge in [0.05, 0.1) is 19.3 Å². The van der Waals surface area contributed by atoms with Gasteiger partial charge in [-0.1, -0.05) is 0 Å². The number of aromatic nitrogens is 1. The van der Waals surface area contributed by atoms with Crippen LogP contribution in [0.15, 0.2) is 16.7 Å². The number of hydrogen-bond donors (Lipinski definition) is 1. The van der Waals surface area contributed by atoms with Crippen molar-refractivity contribution in [3.8, 4) is 0 Å². The molecule has 112 valence electrons. The number of anilines is 1. The van der Waals surface area contributed by atoms with Crippen molar-refractivity contribution in [2.75, 3.05) is 51.3 Å². The predicted molar refractivity (Wildman–Crippen MR) is 78.4 cm³/mol. The molecule has 2 rings (SSSR count). The monoisotopic (exact) mass is 347 g/mol. The van der Waals surface area contributed by atoms with Gasteiger partial charge in [0.2, 0.25) is 0 Å². The molecule has 2 heterocycles. The van der Waals surface area contributed by atoms with Crippen molar-refractivity contribution in [2.24, 2.45) is 0 Å². The second-order valence-electron chi connectivity index (χ2n) is 4.91. The van der Waals surface area contributed by atoms with Gasteiger partial charge in [0.25, 0.3) is 0 Å². The third-order valence-electron chi connectivity index (χ3n) is 3.21. The Kier molecular flexibility index (Phi) is 5.71. The van der Waals surface area contributed by atoms with Gasteiger partial charge in [0.1, 0.15) is 0 Å². The van der Waals surface area contributed by atoms with Crippen LogP contribution in [0, 0.1) is 5.82 Å². The smallest absolute Gasteiger partial charge is 0.166 e. The normalized spacial score (nSPS) is 18.0. The zero-order chi connectivity index (χ0) is 14.5. The molecule has 1 aromatic rings. The van der Waals surface area contributed by atoms with E-state index in [4.69, 9.17) is 4.74 Å². The molecular formula is C13H19BrFN3O2. The van der Waals surface area contributed by atoms with E-state index in [2.05, 4.69) is 25.8 Å². The van der Waals surface area contributed by atoms with Crippen LogP contribution in [0.1, 0.15) is 0 Å². The van der Waals surface area contributed by atoms with Crippen LogP contribution in [0.4, 0.5) is 10.2 Å². The van der Waals surface area contributed by atoms with Crippen LogP contribution in [-0.2, 0) is 4.74 Å². The lowest BCUT2D eigenvalue weighted by atomic mass is 10.2. The first-order chi connectivity index (χ1) is 9.56. The van der Waals surface area contributed by atoms with Crippen molar-refractivity contribution in [1.29, 1.82) is 0 Å². The van der Waals surface area contributed by atoms with Gasteiger partial charge in [-0.25, -0.2) is 9.37 Å². The third-order valence-corrected chi connectivity index (χ3v) is 3.64. The minimum Gasteiger partial charge on any atom is -0.390 e. The first kappa shape index (κ1) is 15.6. The fourth-order valence-electron chi connectivity index (χ4n) is 2.23. The molecule has 5 nitrogen and oxygen atoms in total. The number of rotatable bonds is 5. The van der Waals surface area contributed by atoms with Gasteiger partial charge in [-0.2, -0.15) is 0 Å². The van der Waals surface area contributed by atoms with E-state index in [-0.39, 0.29) is 5.82 Å². The minimum absolute atomic E-state index is 0.245. The topological polar surface area (TPSA) is 48.8 Å². The minimum atomic E-state index is -0.553. The molecule has 1 N–H and O–H groups in total. The second kappa shape index (κ2) is 7.31. The first-order valence-corrected chi connectivity index (χ1v) is 7.36. The Morgan fingerprint density at radius 3 is 2.90 bits per heavy atom. The molecule has 0 aliphatic carbocycles. The van der Waals surface area contributed by atoms with Gasteiger partial charge in [-0.05, 0) is 22.0 Å². The Labute approximate surface area is 126 Å². The van der Waals surface area contributed by atoms with Crippen LogP contribution in [0.2, 0.25) is 0 Å². The summed E-state index contributed by atoms with van der Waals surface area (Å²) in [6, 6.07) is 1.37. The number of hydrogen-bond acceptors (Lipinski definition) is 5. The van der Waals surface area contributed by atoms with Crippen LogP contribution in [0.25, 0.3) is 0 Å². The number of nitrogens with zero attached hydrogens (tertiary/aromatic N) is 3. The summed E-state index contributed by atoms with van der Waals surface area (Å²) in [6.07, 6.45) is 0.992. The van der Waals surface area contributed by atoms with Crippen LogP contribution < -0.4 is 4.90 Å². The molecule has 7 heteroatoms. The van der Waals surface area contributed by atoms with Crippen molar-refractivity contribution in [3.05, 3.63) is 22.6 Å². The number of ether oxygens (including phenoxy) is 1. The second-order valence-corrected chi connectivity index (χ2v) is 5.82. The fraction of sp³-hybridized carbons (Fsp3) is 0.615. The SMILES string of the molecule is CN(CC(O)CN1CCOCC1)c1ncc(Br)cc1F. The summed E-state index contributed by atoms with van der Waals surface area (Å²) in [5.74, 6) is -0.158. The molecule has 20 heavy (non-hydrogen) atoms. The van der Waals surface area contributed by atoms with Crippen LogP contribution in [0.3, 0.4) is 0 Å². The fourth-order valence-corrected chi connectivity index (χ4v) is 2.53. The van der Waals surface area contributed by atoms with Crippen molar-refractivity contribution >= 4 is 21.7 Å². The van der Waals surface area contributed by atoms with E-state index in [1.807, 2.05) is 0 Å². The molecule has 1 saturated heterocycles. The van der Waals surface area contributed by atoms with Gasteiger partial charge in [-0.15, -0.1) is 0 Å². The van der Waals surface area contributed by atoms with E-state index < -0.39 is 11.9 Å². The predicted octanol–water partition coefficient (Wildman–Crippen LogP) is 1.11. The summed E-state index contributed by atoms with van der Waals surface area (Å²) in [5, 5.41) is 10.1. The molecule has 1 atom stereocenters. The van der Waals surface area contributed by atoms with Gasteiger partial charge in [-0.3, -0.25) is 4.90 Å². The van der Waals surface area contributed by atoms with Crippen molar-refractivity contribution in [2.45, 2.75) is 6.10 Å². The zero-order valence-corrected chi connectivity index (χ0v) is 13.0. The zero-order valence-electron chi connectivity index (χ0n) is 11.4. The van der Waals surface area contributed by atoms with E-state index >= 15 is 0 Å². The molecule has 1 fully saturated rings.